The zero-order valence-electron chi connectivity index (χ0n) is 21.1. The molecule has 8 nitrogen and oxygen atoms in total. The minimum Gasteiger partial charge on any atom is -0.381 e. The van der Waals surface area contributed by atoms with Crippen LogP contribution in [0.3, 0.4) is 0 Å². The third-order valence-corrected chi connectivity index (χ3v) is 8.09. The van der Waals surface area contributed by atoms with E-state index in [0.29, 0.717) is 18.6 Å². The monoisotopic (exact) mass is 478 g/mol. The number of hydrogen-bond acceptors (Lipinski definition) is 7. The Morgan fingerprint density at radius 1 is 1.09 bits per heavy atom. The first-order chi connectivity index (χ1) is 17.1. The fraction of sp³-hybridized carbons (Fsp3) is 0.556. The van der Waals surface area contributed by atoms with Gasteiger partial charge in [-0.05, 0) is 70.5 Å². The largest absolute Gasteiger partial charge is 0.381 e. The molecule has 0 bridgehead atoms. The predicted octanol–water partition coefficient (Wildman–Crippen LogP) is 3.26. The number of pyridine rings is 1. The lowest BCUT2D eigenvalue weighted by Gasteiger charge is -2.40. The van der Waals surface area contributed by atoms with Crippen LogP contribution in [0.1, 0.15) is 37.7 Å². The summed E-state index contributed by atoms with van der Waals surface area (Å²) in [6, 6.07) is 11.3. The van der Waals surface area contributed by atoms with Crippen molar-refractivity contribution >= 4 is 28.8 Å². The van der Waals surface area contributed by atoms with Gasteiger partial charge in [-0.2, -0.15) is 0 Å². The third-order valence-electron chi connectivity index (χ3n) is 8.09. The average Bonchev–Trinajstić information content (AvgIpc) is 3.08. The molecule has 1 amide bonds. The van der Waals surface area contributed by atoms with Crippen LogP contribution in [-0.2, 0) is 16.1 Å². The number of carbonyl (C=O) groups is 1. The van der Waals surface area contributed by atoms with E-state index in [4.69, 9.17) is 4.74 Å². The third kappa shape index (κ3) is 4.87. The second-order valence-electron chi connectivity index (χ2n) is 10.00. The van der Waals surface area contributed by atoms with E-state index in [-0.39, 0.29) is 17.9 Å². The molecule has 2 atom stereocenters. The van der Waals surface area contributed by atoms with Crippen molar-refractivity contribution in [2.75, 3.05) is 49.4 Å². The molecular formula is C27H38N6O2. The summed E-state index contributed by atoms with van der Waals surface area (Å²) in [6.45, 7) is 2.42. The van der Waals surface area contributed by atoms with Gasteiger partial charge in [0.05, 0.1) is 24.0 Å². The van der Waals surface area contributed by atoms with Crippen LogP contribution in [0, 0.1) is 5.92 Å². The zero-order valence-corrected chi connectivity index (χ0v) is 21.1. The summed E-state index contributed by atoms with van der Waals surface area (Å²) in [5, 5.41) is 10.4. The maximum absolute atomic E-state index is 13.9. The van der Waals surface area contributed by atoms with E-state index >= 15 is 0 Å². The number of anilines is 4. The molecule has 1 saturated carbocycles. The predicted molar refractivity (Wildman–Crippen MR) is 140 cm³/mol. The van der Waals surface area contributed by atoms with Gasteiger partial charge >= 0.3 is 0 Å². The average molecular weight is 479 g/mol. The Hall–Kier alpha value is -2.68. The van der Waals surface area contributed by atoms with Crippen molar-refractivity contribution in [2.24, 2.45) is 5.92 Å². The minimum atomic E-state index is 0.0242. The zero-order chi connectivity index (χ0) is 24.4. The Labute approximate surface area is 208 Å². The van der Waals surface area contributed by atoms with E-state index in [0.717, 1.165) is 73.6 Å². The van der Waals surface area contributed by atoms with Gasteiger partial charge in [-0.1, -0.05) is 6.07 Å². The van der Waals surface area contributed by atoms with Crippen molar-refractivity contribution in [3.63, 3.8) is 0 Å². The fourth-order valence-electron chi connectivity index (χ4n) is 5.89. The molecule has 188 valence electrons. The van der Waals surface area contributed by atoms with Crippen molar-refractivity contribution in [1.82, 2.24) is 15.6 Å². The van der Waals surface area contributed by atoms with Crippen molar-refractivity contribution < 1.29 is 9.53 Å². The van der Waals surface area contributed by atoms with E-state index in [2.05, 4.69) is 50.1 Å². The molecule has 1 saturated heterocycles. The first kappa shape index (κ1) is 24.0. The van der Waals surface area contributed by atoms with Crippen LogP contribution in [-0.4, -0.2) is 63.4 Å². The molecule has 8 heteroatoms. The normalized spacial score (nSPS) is 26.4. The summed E-state index contributed by atoms with van der Waals surface area (Å²) >= 11 is 0. The van der Waals surface area contributed by atoms with Gasteiger partial charge in [0.25, 0.3) is 0 Å². The number of fused-ring (bicyclic) bond motifs is 2. The Kier molecular flexibility index (Phi) is 7.22. The van der Waals surface area contributed by atoms with E-state index in [9.17, 15) is 4.79 Å². The Bertz CT molecular complexity index is 1040. The quantitative estimate of drug-likeness (QED) is 0.609. The molecule has 35 heavy (non-hydrogen) atoms. The van der Waals surface area contributed by atoms with Crippen LogP contribution in [0.5, 0.6) is 0 Å². The number of piperidine rings is 1. The van der Waals surface area contributed by atoms with Crippen molar-refractivity contribution in [3.8, 4) is 0 Å². The molecule has 0 radical (unpaired) electrons. The molecule has 2 aliphatic heterocycles. The van der Waals surface area contributed by atoms with Gasteiger partial charge in [0, 0.05) is 55.6 Å². The molecule has 2 aromatic rings. The lowest BCUT2D eigenvalue weighted by molar-refractivity contribution is -0.124. The van der Waals surface area contributed by atoms with E-state index in [1.807, 2.05) is 25.1 Å². The Morgan fingerprint density at radius 3 is 2.63 bits per heavy atom. The summed E-state index contributed by atoms with van der Waals surface area (Å²) < 4.78 is 5.55. The molecule has 5 rings (SSSR count). The highest BCUT2D eigenvalue weighted by Gasteiger charge is 2.34. The van der Waals surface area contributed by atoms with Crippen LogP contribution >= 0.6 is 0 Å². The SMILES string of the molecule is CN[C@H]1CCN(c2ccc3c(c2)N(C(=O)C2CCC(OC)CC2)Cc2cccnc2N3)C[C@H]1NC. The minimum absolute atomic E-state index is 0.0242. The number of hydrogen-bond donors (Lipinski definition) is 3. The van der Waals surface area contributed by atoms with E-state index < -0.39 is 0 Å². The molecule has 0 spiro atoms. The van der Waals surface area contributed by atoms with Gasteiger partial charge in [0.1, 0.15) is 5.82 Å². The Balaban J connectivity index is 1.46. The van der Waals surface area contributed by atoms with Crippen LogP contribution < -0.4 is 25.8 Å². The van der Waals surface area contributed by atoms with Gasteiger partial charge in [0.2, 0.25) is 5.91 Å². The lowest BCUT2D eigenvalue weighted by atomic mass is 9.86. The maximum atomic E-state index is 13.9. The van der Waals surface area contributed by atoms with Crippen LogP contribution in [0.25, 0.3) is 0 Å². The number of nitrogens with one attached hydrogen (secondary N) is 3. The number of benzene rings is 1. The van der Waals surface area contributed by atoms with Gasteiger partial charge in [-0.25, -0.2) is 4.98 Å². The molecule has 1 aliphatic carbocycles. The Morgan fingerprint density at radius 2 is 1.89 bits per heavy atom. The second-order valence-corrected chi connectivity index (χ2v) is 10.00. The topological polar surface area (TPSA) is 81.8 Å². The van der Waals surface area contributed by atoms with Gasteiger partial charge in [0.15, 0.2) is 0 Å². The van der Waals surface area contributed by atoms with Gasteiger partial charge in [-0.15, -0.1) is 0 Å². The molecule has 0 unspecified atom stereocenters. The fourth-order valence-corrected chi connectivity index (χ4v) is 5.89. The molecular weight excluding hydrogens is 440 g/mol. The van der Waals surface area contributed by atoms with E-state index in [1.54, 1.807) is 13.3 Å². The molecule has 2 fully saturated rings. The van der Waals surface area contributed by atoms with Crippen LogP contribution in [0.2, 0.25) is 0 Å². The summed E-state index contributed by atoms with van der Waals surface area (Å²) in [7, 11) is 5.84. The number of ether oxygens (including phenoxy) is 1. The van der Waals surface area contributed by atoms with Crippen molar-refractivity contribution in [3.05, 3.63) is 42.1 Å². The molecule has 3 heterocycles. The van der Waals surface area contributed by atoms with Crippen LogP contribution in [0.4, 0.5) is 22.9 Å². The number of carbonyl (C=O) groups excluding carboxylic acids is 1. The molecule has 3 N–H and O–H groups in total. The first-order valence-electron chi connectivity index (χ1n) is 12.9. The standard InChI is InChI=1S/C27H38N6O2/c1-28-22-12-14-32(17-24(22)29-2)20-8-11-23-25(15-20)33(16-19-5-4-13-30-26(19)31-23)27(34)18-6-9-21(35-3)10-7-18/h4-5,8,11,13,15,18,21-22,24,28-29H,6-7,9-10,12,14,16-17H2,1-3H3,(H,30,31)/t18?,21?,22-,24+/m0/s1. The smallest absolute Gasteiger partial charge is 0.230 e. The summed E-state index contributed by atoms with van der Waals surface area (Å²) in [4.78, 5) is 22.9. The van der Waals surface area contributed by atoms with Gasteiger partial charge < -0.3 is 30.5 Å². The summed E-state index contributed by atoms with van der Waals surface area (Å²) in [5.41, 5.74) is 4.06. The van der Waals surface area contributed by atoms with Crippen molar-refractivity contribution in [1.29, 1.82) is 0 Å². The summed E-state index contributed by atoms with van der Waals surface area (Å²) in [5.74, 6) is 1.06. The number of amides is 1. The number of nitrogens with zero attached hydrogens (tertiary/aromatic N) is 3. The number of methoxy groups -OCH3 is 1. The molecule has 1 aromatic heterocycles. The van der Waals surface area contributed by atoms with E-state index in [1.165, 1.54) is 0 Å². The maximum Gasteiger partial charge on any atom is 0.230 e. The summed E-state index contributed by atoms with van der Waals surface area (Å²) in [6.07, 6.45) is 6.76. The highest BCUT2D eigenvalue weighted by atomic mass is 16.5. The number of likely N-dealkylation sites (N-methyl/N-ethyl adjacent to an activating group) is 2. The first-order valence-corrected chi connectivity index (χ1v) is 12.9. The number of aromatic nitrogens is 1. The number of rotatable bonds is 5. The van der Waals surface area contributed by atoms with Crippen LogP contribution in [0.15, 0.2) is 36.5 Å². The highest BCUT2D eigenvalue weighted by molar-refractivity contribution is 6.00. The molecule has 3 aliphatic rings. The van der Waals surface area contributed by atoms with Crippen molar-refractivity contribution in [2.45, 2.75) is 56.8 Å². The molecule has 1 aromatic carbocycles. The highest BCUT2D eigenvalue weighted by Crippen LogP contribution is 2.40. The van der Waals surface area contributed by atoms with Gasteiger partial charge in [-0.3, -0.25) is 4.79 Å². The second kappa shape index (κ2) is 10.5. The lowest BCUT2D eigenvalue weighted by Crippen LogP contribution is -2.57.